The van der Waals surface area contributed by atoms with Crippen molar-refractivity contribution in [2.75, 3.05) is 0 Å². The van der Waals surface area contributed by atoms with Crippen LogP contribution in [-0.4, -0.2) is 9.97 Å². The molecule has 4 aromatic rings. The third-order valence-corrected chi connectivity index (χ3v) is 3.47. The summed E-state index contributed by atoms with van der Waals surface area (Å²) in [7, 11) is 0. The van der Waals surface area contributed by atoms with Gasteiger partial charge in [-0.05, 0) is 6.07 Å². The van der Waals surface area contributed by atoms with Crippen LogP contribution in [0.5, 0.6) is 0 Å². The molecule has 0 saturated heterocycles. The number of H-pyrrole nitrogens is 1. The normalized spacial score (nSPS) is 11.2. The van der Waals surface area contributed by atoms with E-state index in [1.54, 1.807) is 0 Å². The molecule has 2 aromatic carbocycles. The second kappa shape index (κ2) is 3.95. The van der Waals surface area contributed by atoms with Gasteiger partial charge in [0.15, 0.2) is 0 Å². The fourth-order valence-corrected chi connectivity index (χ4v) is 2.58. The second-order valence-electron chi connectivity index (χ2n) is 4.63. The van der Waals surface area contributed by atoms with Gasteiger partial charge in [0, 0.05) is 34.1 Å². The highest BCUT2D eigenvalue weighted by atomic mass is 14.7. The molecular weight excluding hydrogens is 232 g/mol. The van der Waals surface area contributed by atoms with Crippen molar-refractivity contribution >= 4 is 21.7 Å². The predicted molar refractivity (Wildman–Crippen MR) is 79.0 cm³/mol. The number of hydrogen-bond donors (Lipinski definition) is 1. The van der Waals surface area contributed by atoms with Crippen molar-refractivity contribution in [3.8, 4) is 11.3 Å². The minimum Gasteiger partial charge on any atom is -0.366 e. The molecule has 1 N–H and O–H groups in total. The number of nitrogens with one attached hydrogen (secondary N) is 1. The van der Waals surface area contributed by atoms with Crippen molar-refractivity contribution in [1.29, 1.82) is 0 Å². The van der Waals surface area contributed by atoms with Gasteiger partial charge in [0.05, 0.1) is 11.2 Å². The molecule has 0 aliphatic rings. The standard InChI is InChI=1S/C17H12N2/c1-2-6-12(7-3-1)17-15-11-18-10-14(15)13-8-4-5-9-16(13)19-17/h1-11,18H. The first-order valence-electron chi connectivity index (χ1n) is 6.34. The number of nitrogens with zero attached hydrogens (tertiary/aromatic N) is 1. The molecule has 0 aliphatic carbocycles. The molecule has 0 spiro atoms. The van der Waals surface area contributed by atoms with Gasteiger partial charge in [0.25, 0.3) is 0 Å². The van der Waals surface area contributed by atoms with E-state index in [2.05, 4.69) is 35.3 Å². The van der Waals surface area contributed by atoms with Crippen LogP contribution >= 0.6 is 0 Å². The Hall–Kier alpha value is -2.61. The summed E-state index contributed by atoms with van der Waals surface area (Å²) in [6.07, 6.45) is 4.07. The van der Waals surface area contributed by atoms with Gasteiger partial charge in [-0.1, -0.05) is 48.5 Å². The maximum Gasteiger partial charge on any atom is 0.0803 e. The van der Waals surface area contributed by atoms with Gasteiger partial charge in [-0.25, -0.2) is 4.98 Å². The Kier molecular flexibility index (Phi) is 2.15. The molecule has 2 heteroatoms. The lowest BCUT2D eigenvalue weighted by atomic mass is 10.0. The largest absolute Gasteiger partial charge is 0.366 e. The van der Waals surface area contributed by atoms with E-state index < -0.39 is 0 Å². The van der Waals surface area contributed by atoms with Gasteiger partial charge in [-0.15, -0.1) is 0 Å². The summed E-state index contributed by atoms with van der Waals surface area (Å²) in [6.45, 7) is 0. The van der Waals surface area contributed by atoms with Crippen LogP contribution in [0.15, 0.2) is 67.0 Å². The van der Waals surface area contributed by atoms with E-state index >= 15 is 0 Å². The molecule has 4 rings (SSSR count). The number of pyridine rings is 1. The molecule has 0 amide bonds. The number of fused-ring (bicyclic) bond motifs is 3. The average molecular weight is 244 g/mol. The molecular formula is C17H12N2. The van der Waals surface area contributed by atoms with Crippen molar-refractivity contribution in [2.24, 2.45) is 0 Å². The molecule has 19 heavy (non-hydrogen) atoms. The van der Waals surface area contributed by atoms with E-state index in [1.165, 1.54) is 16.2 Å². The maximum atomic E-state index is 4.83. The Morgan fingerprint density at radius 1 is 0.684 bits per heavy atom. The van der Waals surface area contributed by atoms with Crippen LogP contribution in [0, 0.1) is 0 Å². The third kappa shape index (κ3) is 1.54. The lowest BCUT2D eigenvalue weighted by Gasteiger charge is -2.06. The summed E-state index contributed by atoms with van der Waals surface area (Å²) in [5, 5.41) is 3.59. The van der Waals surface area contributed by atoms with E-state index in [-0.39, 0.29) is 0 Å². The molecule has 0 saturated carbocycles. The zero-order valence-electron chi connectivity index (χ0n) is 10.3. The summed E-state index contributed by atoms with van der Waals surface area (Å²) in [4.78, 5) is 8.03. The van der Waals surface area contributed by atoms with Gasteiger partial charge in [-0.3, -0.25) is 0 Å². The number of aromatic amines is 1. The van der Waals surface area contributed by atoms with Crippen LogP contribution < -0.4 is 0 Å². The number of aromatic nitrogens is 2. The molecule has 2 nitrogen and oxygen atoms in total. The Labute approximate surface area is 110 Å². The van der Waals surface area contributed by atoms with Crippen molar-refractivity contribution < 1.29 is 0 Å². The lowest BCUT2D eigenvalue weighted by Crippen LogP contribution is -1.86. The molecule has 0 unspecified atom stereocenters. The van der Waals surface area contributed by atoms with Gasteiger partial charge in [0.1, 0.15) is 0 Å². The Morgan fingerprint density at radius 3 is 2.32 bits per heavy atom. The molecule has 90 valence electrons. The zero-order chi connectivity index (χ0) is 12.7. The lowest BCUT2D eigenvalue weighted by molar-refractivity contribution is 1.41. The van der Waals surface area contributed by atoms with E-state index in [1.807, 2.05) is 36.7 Å². The molecule has 0 atom stereocenters. The minimum absolute atomic E-state index is 1.04. The maximum absolute atomic E-state index is 4.83. The summed E-state index contributed by atoms with van der Waals surface area (Å²) < 4.78 is 0. The fraction of sp³-hybridized carbons (Fsp3) is 0. The topological polar surface area (TPSA) is 28.7 Å². The minimum atomic E-state index is 1.04. The van der Waals surface area contributed by atoms with Crippen molar-refractivity contribution in [3.63, 3.8) is 0 Å². The van der Waals surface area contributed by atoms with E-state index in [9.17, 15) is 0 Å². The quantitative estimate of drug-likeness (QED) is 0.528. The Morgan fingerprint density at radius 2 is 1.42 bits per heavy atom. The van der Waals surface area contributed by atoms with Gasteiger partial charge in [0.2, 0.25) is 0 Å². The van der Waals surface area contributed by atoms with Crippen molar-refractivity contribution in [3.05, 3.63) is 67.0 Å². The van der Waals surface area contributed by atoms with Crippen molar-refractivity contribution in [2.45, 2.75) is 0 Å². The highest BCUT2D eigenvalue weighted by Crippen LogP contribution is 2.31. The molecule has 0 radical (unpaired) electrons. The van der Waals surface area contributed by atoms with Crippen LogP contribution in [0.1, 0.15) is 0 Å². The van der Waals surface area contributed by atoms with Crippen LogP contribution in [0.3, 0.4) is 0 Å². The molecule has 0 fully saturated rings. The van der Waals surface area contributed by atoms with Crippen LogP contribution in [0.2, 0.25) is 0 Å². The summed E-state index contributed by atoms with van der Waals surface area (Å²) in [5.41, 5.74) is 3.22. The van der Waals surface area contributed by atoms with E-state index in [0.717, 1.165) is 16.8 Å². The highest BCUT2D eigenvalue weighted by molar-refractivity contribution is 6.10. The van der Waals surface area contributed by atoms with Gasteiger partial charge < -0.3 is 4.98 Å². The highest BCUT2D eigenvalue weighted by Gasteiger charge is 2.09. The Balaban J connectivity index is 2.17. The number of benzene rings is 2. The predicted octanol–water partition coefficient (Wildman–Crippen LogP) is 4.38. The van der Waals surface area contributed by atoms with Gasteiger partial charge >= 0.3 is 0 Å². The Bertz CT molecular complexity index is 860. The first kappa shape index (κ1) is 10.3. The summed E-state index contributed by atoms with van der Waals surface area (Å²) in [5.74, 6) is 0. The fourth-order valence-electron chi connectivity index (χ4n) is 2.58. The SMILES string of the molecule is c1ccc(-c2nc3ccccc3c3c[nH]cc23)cc1. The number of para-hydroxylation sites is 1. The summed E-state index contributed by atoms with van der Waals surface area (Å²) >= 11 is 0. The molecule has 0 aliphatic heterocycles. The smallest absolute Gasteiger partial charge is 0.0803 e. The summed E-state index contributed by atoms with van der Waals surface area (Å²) in [6, 6.07) is 18.6. The number of hydrogen-bond acceptors (Lipinski definition) is 1. The average Bonchev–Trinajstić information content (AvgIpc) is 2.97. The number of rotatable bonds is 1. The van der Waals surface area contributed by atoms with Crippen LogP contribution in [0.25, 0.3) is 32.9 Å². The first-order chi connectivity index (χ1) is 9.43. The van der Waals surface area contributed by atoms with E-state index in [0.29, 0.717) is 0 Å². The molecule has 0 bridgehead atoms. The first-order valence-corrected chi connectivity index (χ1v) is 6.34. The van der Waals surface area contributed by atoms with Crippen LogP contribution in [-0.2, 0) is 0 Å². The van der Waals surface area contributed by atoms with E-state index in [4.69, 9.17) is 4.98 Å². The monoisotopic (exact) mass is 244 g/mol. The van der Waals surface area contributed by atoms with Gasteiger partial charge in [-0.2, -0.15) is 0 Å². The van der Waals surface area contributed by atoms with Crippen LogP contribution in [0.4, 0.5) is 0 Å². The molecule has 2 heterocycles. The second-order valence-corrected chi connectivity index (χ2v) is 4.63. The zero-order valence-corrected chi connectivity index (χ0v) is 10.3. The molecule has 2 aromatic heterocycles. The van der Waals surface area contributed by atoms with Crippen molar-refractivity contribution in [1.82, 2.24) is 9.97 Å². The third-order valence-electron chi connectivity index (χ3n) is 3.47.